The molecule has 0 bridgehead atoms. The van der Waals surface area contributed by atoms with E-state index in [-0.39, 0.29) is 41.1 Å². The Kier molecular flexibility index (Phi) is 7.71. The van der Waals surface area contributed by atoms with E-state index in [0.717, 1.165) is 17.4 Å². The molecule has 0 saturated carbocycles. The Bertz CT molecular complexity index is 1240. The largest absolute Gasteiger partial charge is 0.493 e. The van der Waals surface area contributed by atoms with Crippen LogP contribution in [0, 0.1) is 27.2 Å². The maximum Gasteiger partial charge on any atom is 0.286 e. The minimum Gasteiger partial charge on any atom is -0.493 e. The monoisotopic (exact) mass is 488 g/mol. The Morgan fingerprint density at radius 3 is 2.44 bits per heavy atom. The summed E-state index contributed by atoms with van der Waals surface area (Å²) in [5, 5.41) is 27.1. The molecule has 1 aromatic heterocycles. The molecule has 34 heavy (non-hydrogen) atoms. The van der Waals surface area contributed by atoms with E-state index in [2.05, 4.69) is 10.3 Å². The summed E-state index contributed by atoms with van der Waals surface area (Å²) in [7, 11) is 2.83. The van der Waals surface area contributed by atoms with Gasteiger partial charge in [0.2, 0.25) is 0 Å². The first kappa shape index (κ1) is 24.5. The fourth-order valence-electron chi connectivity index (χ4n) is 2.98. The number of hydrogen-bond donors (Lipinski definition) is 1. The van der Waals surface area contributed by atoms with Gasteiger partial charge in [0, 0.05) is 35.7 Å². The van der Waals surface area contributed by atoms with E-state index >= 15 is 0 Å². The van der Waals surface area contributed by atoms with Gasteiger partial charge in [0.05, 0.1) is 35.3 Å². The number of benzene rings is 2. The molecule has 0 aliphatic carbocycles. The van der Waals surface area contributed by atoms with E-state index in [4.69, 9.17) is 14.2 Å². The zero-order valence-electron chi connectivity index (χ0n) is 18.4. The highest BCUT2D eigenvalue weighted by molar-refractivity contribution is 7.14. The number of thiazole rings is 1. The van der Waals surface area contributed by atoms with Crippen LogP contribution in [0.5, 0.6) is 11.5 Å². The number of carbonyl (C=O) groups excluding carboxylic acids is 1. The Balaban J connectivity index is 1.87. The van der Waals surface area contributed by atoms with Crippen molar-refractivity contribution in [3.63, 3.8) is 0 Å². The Morgan fingerprint density at radius 1 is 1.06 bits per heavy atom. The third-order valence-electron chi connectivity index (χ3n) is 4.69. The number of anilines is 1. The topological polar surface area (TPSA) is 156 Å². The average molecular weight is 488 g/mol. The van der Waals surface area contributed by atoms with Crippen molar-refractivity contribution in [2.75, 3.05) is 32.8 Å². The summed E-state index contributed by atoms with van der Waals surface area (Å²) in [6.45, 7) is 2.02. The van der Waals surface area contributed by atoms with Gasteiger partial charge in [-0.3, -0.25) is 30.3 Å². The summed E-state index contributed by atoms with van der Waals surface area (Å²) in [5.74, 6) is -0.539. The third-order valence-corrected chi connectivity index (χ3v) is 5.45. The number of methoxy groups -OCH3 is 2. The van der Waals surface area contributed by atoms with Crippen molar-refractivity contribution in [2.24, 2.45) is 0 Å². The number of rotatable bonds is 10. The highest BCUT2D eigenvalue weighted by Gasteiger charge is 2.25. The van der Waals surface area contributed by atoms with Gasteiger partial charge in [-0.25, -0.2) is 4.98 Å². The molecular formula is C21H20N4O8S. The number of nitro benzene ring substituents is 2. The number of nitrogens with zero attached hydrogens (tertiary/aromatic N) is 3. The van der Waals surface area contributed by atoms with Crippen LogP contribution in [0.15, 0.2) is 35.7 Å². The lowest BCUT2D eigenvalue weighted by atomic mass is 10.1. The van der Waals surface area contributed by atoms with Crippen LogP contribution in [-0.2, 0) is 4.74 Å². The van der Waals surface area contributed by atoms with Gasteiger partial charge in [-0.1, -0.05) is 12.1 Å². The van der Waals surface area contributed by atoms with Crippen molar-refractivity contribution in [1.82, 2.24) is 4.98 Å². The number of nitrogens with one attached hydrogen (secondary N) is 1. The molecule has 0 aliphatic rings. The number of amides is 1. The van der Waals surface area contributed by atoms with Crippen LogP contribution < -0.4 is 14.8 Å². The highest BCUT2D eigenvalue weighted by Crippen LogP contribution is 2.36. The van der Waals surface area contributed by atoms with Crippen LogP contribution in [-0.4, -0.2) is 48.2 Å². The lowest BCUT2D eigenvalue weighted by Gasteiger charge is -2.12. The quantitative estimate of drug-likeness (QED) is 0.251. The zero-order valence-corrected chi connectivity index (χ0v) is 19.2. The molecule has 0 saturated heterocycles. The Morgan fingerprint density at radius 2 is 1.79 bits per heavy atom. The first-order valence-electron chi connectivity index (χ1n) is 9.75. The molecular weight excluding hydrogens is 468 g/mol. The summed E-state index contributed by atoms with van der Waals surface area (Å²) in [5.41, 5.74) is 0.650. The maximum absolute atomic E-state index is 12.9. The molecule has 0 aliphatic heterocycles. The van der Waals surface area contributed by atoms with Crippen molar-refractivity contribution < 1.29 is 28.9 Å². The van der Waals surface area contributed by atoms with Gasteiger partial charge < -0.3 is 14.2 Å². The third kappa shape index (κ3) is 5.44. The zero-order chi connectivity index (χ0) is 24.8. The summed E-state index contributed by atoms with van der Waals surface area (Å²) in [6, 6.07) is 7.02. The van der Waals surface area contributed by atoms with Gasteiger partial charge in [-0.2, -0.15) is 0 Å². The van der Waals surface area contributed by atoms with Gasteiger partial charge in [0.25, 0.3) is 17.3 Å². The van der Waals surface area contributed by atoms with Crippen LogP contribution in [0.1, 0.15) is 15.9 Å². The molecule has 1 amide bonds. The average Bonchev–Trinajstić information content (AvgIpc) is 3.27. The standard InChI is InChI=1S/C21H20N4O8S/c1-12-4-5-13(8-16(12)24(27)28)15-11-34-21(22-15)23-20(26)14-9-18(32-3)19(33-7-6-31-2)10-17(14)25(29)30/h4-5,8-11H,6-7H2,1-3H3,(H,22,23,26). The molecule has 1 heterocycles. The normalized spacial score (nSPS) is 10.6. The van der Waals surface area contributed by atoms with Gasteiger partial charge in [-0.15, -0.1) is 11.3 Å². The molecule has 0 fully saturated rings. The first-order chi connectivity index (χ1) is 16.2. The number of carbonyl (C=O) groups is 1. The minimum atomic E-state index is -0.774. The van der Waals surface area contributed by atoms with E-state index in [1.165, 1.54) is 26.4 Å². The summed E-state index contributed by atoms with van der Waals surface area (Å²) < 4.78 is 15.6. The number of ether oxygens (including phenoxy) is 3. The van der Waals surface area contributed by atoms with Crippen LogP contribution in [0.25, 0.3) is 11.3 Å². The van der Waals surface area contributed by atoms with Crippen molar-refractivity contribution >= 4 is 33.8 Å². The SMILES string of the molecule is COCCOc1cc([N+](=O)[O-])c(C(=O)Nc2nc(-c3ccc(C)c([N+](=O)[O-])c3)cs2)cc1OC. The van der Waals surface area contributed by atoms with Crippen molar-refractivity contribution in [3.05, 3.63) is 67.1 Å². The molecule has 3 rings (SSSR count). The lowest BCUT2D eigenvalue weighted by molar-refractivity contribution is -0.385. The summed E-state index contributed by atoms with van der Waals surface area (Å²) in [6.07, 6.45) is 0. The predicted molar refractivity (Wildman–Crippen MR) is 124 cm³/mol. The van der Waals surface area contributed by atoms with Crippen LogP contribution in [0.4, 0.5) is 16.5 Å². The van der Waals surface area contributed by atoms with E-state index in [1.54, 1.807) is 24.4 Å². The second-order valence-electron chi connectivity index (χ2n) is 6.87. The molecule has 1 N–H and O–H groups in total. The molecule has 13 heteroatoms. The van der Waals surface area contributed by atoms with Crippen molar-refractivity contribution in [1.29, 1.82) is 0 Å². The van der Waals surface area contributed by atoms with E-state index < -0.39 is 21.4 Å². The first-order valence-corrected chi connectivity index (χ1v) is 10.6. The number of nitro groups is 2. The lowest BCUT2D eigenvalue weighted by Crippen LogP contribution is -2.15. The minimum absolute atomic E-state index is 0.0494. The van der Waals surface area contributed by atoms with Crippen molar-refractivity contribution in [2.45, 2.75) is 6.92 Å². The van der Waals surface area contributed by atoms with Crippen molar-refractivity contribution in [3.8, 4) is 22.8 Å². The van der Waals surface area contributed by atoms with Crippen LogP contribution >= 0.6 is 11.3 Å². The molecule has 2 aromatic carbocycles. The number of aromatic nitrogens is 1. The fourth-order valence-corrected chi connectivity index (χ4v) is 3.70. The number of hydrogen-bond acceptors (Lipinski definition) is 10. The fraction of sp³-hybridized carbons (Fsp3) is 0.238. The van der Waals surface area contributed by atoms with Crippen LogP contribution in [0.2, 0.25) is 0 Å². The second kappa shape index (κ2) is 10.7. The van der Waals surface area contributed by atoms with Gasteiger partial charge in [0.1, 0.15) is 12.2 Å². The molecule has 3 aromatic rings. The number of aryl methyl sites for hydroxylation is 1. The summed E-state index contributed by atoms with van der Waals surface area (Å²) in [4.78, 5) is 38.8. The Labute approximate surface area is 197 Å². The summed E-state index contributed by atoms with van der Waals surface area (Å²) >= 11 is 1.07. The smallest absolute Gasteiger partial charge is 0.286 e. The van der Waals surface area contributed by atoms with E-state index in [9.17, 15) is 25.0 Å². The second-order valence-corrected chi connectivity index (χ2v) is 7.73. The van der Waals surface area contributed by atoms with Gasteiger partial charge in [-0.05, 0) is 6.92 Å². The molecule has 12 nitrogen and oxygen atoms in total. The predicted octanol–water partition coefficient (Wildman–Crippen LogP) is 4.22. The highest BCUT2D eigenvalue weighted by atomic mass is 32.1. The van der Waals surface area contributed by atoms with E-state index in [0.29, 0.717) is 16.8 Å². The van der Waals surface area contributed by atoms with Gasteiger partial charge >= 0.3 is 0 Å². The molecule has 178 valence electrons. The molecule has 0 atom stereocenters. The van der Waals surface area contributed by atoms with Crippen LogP contribution in [0.3, 0.4) is 0 Å². The van der Waals surface area contributed by atoms with Gasteiger partial charge in [0.15, 0.2) is 16.6 Å². The maximum atomic E-state index is 12.9. The molecule has 0 radical (unpaired) electrons. The van der Waals surface area contributed by atoms with E-state index in [1.807, 2.05) is 0 Å². The molecule has 0 unspecified atom stereocenters. The molecule has 0 spiro atoms. The Hall–Kier alpha value is -4.10.